The van der Waals surface area contributed by atoms with Crippen LogP contribution in [0.5, 0.6) is 5.75 Å². The van der Waals surface area contributed by atoms with Crippen molar-refractivity contribution in [1.29, 1.82) is 0 Å². The molecule has 1 aliphatic heterocycles. The van der Waals surface area contributed by atoms with Gasteiger partial charge >= 0.3 is 18.1 Å². The van der Waals surface area contributed by atoms with Crippen molar-refractivity contribution in [2.24, 2.45) is 0 Å². The molecule has 0 radical (unpaired) electrons. The van der Waals surface area contributed by atoms with Crippen LogP contribution in [0.25, 0.3) is 0 Å². The minimum Gasteiger partial charge on any atom is -0.494 e. The second-order valence-corrected chi connectivity index (χ2v) is 5.22. The van der Waals surface area contributed by atoms with E-state index in [4.69, 9.17) is 9.47 Å². The molecule has 11 heteroatoms. The normalized spacial score (nSPS) is 14.9. The van der Waals surface area contributed by atoms with Crippen LogP contribution < -0.4 is 9.64 Å². The van der Waals surface area contributed by atoms with Crippen molar-refractivity contribution >= 4 is 17.6 Å². The summed E-state index contributed by atoms with van der Waals surface area (Å²) in [5.41, 5.74) is -2.59. The van der Waals surface area contributed by atoms with E-state index in [0.29, 0.717) is 0 Å². The Morgan fingerprint density at radius 1 is 1.11 bits per heavy atom. The molecule has 27 heavy (non-hydrogen) atoms. The Morgan fingerprint density at radius 3 is 2.26 bits per heavy atom. The van der Waals surface area contributed by atoms with Crippen molar-refractivity contribution in [1.82, 2.24) is 0 Å². The molecular formula is C16H15F4NO6. The third-order valence-electron chi connectivity index (χ3n) is 3.67. The highest BCUT2D eigenvalue weighted by Crippen LogP contribution is 2.44. The summed E-state index contributed by atoms with van der Waals surface area (Å²) in [6, 6.07) is 0.983. The van der Waals surface area contributed by atoms with Gasteiger partial charge in [-0.15, -0.1) is 0 Å². The minimum atomic E-state index is -4.93. The Bertz CT molecular complexity index is 790. The monoisotopic (exact) mass is 393 g/mol. The second-order valence-electron chi connectivity index (χ2n) is 5.22. The standard InChI is InChI=1S/C16H15F4NO6/c1-24-13-10(16(18,19)20)4-8(17)5-11(13)21-7-27-6-9(14(22)25-2)12(21)15(23)26-3/h4-5H,6-7H2,1-3H3. The van der Waals surface area contributed by atoms with E-state index in [1.54, 1.807) is 0 Å². The fourth-order valence-electron chi connectivity index (χ4n) is 2.54. The average molecular weight is 393 g/mol. The fourth-order valence-corrected chi connectivity index (χ4v) is 2.54. The lowest BCUT2D eigenvalue weighted by Gasteiger charge is -2.32. The molecule has 0 aliphatic carbocycles. The molecular weight excluding hydrogens is 378 g/mol. The molecule has 0 bridgehead atoms. The number of hydrogen-bond donors (Lipinski definition) is 0. The SMILES string of the molecule is COC(=O)C1=C(C(=O)OC)N(c2cc(F)cc(C(F)(F)F)c2OC)COC1. The van der Waals surface area contributed by atoms with Crippen LogP contribution in [0, 0.1) is 5.82 Å². The van der Waals surface area contributed by atoms with Crippen LogP contribution in [0.2, 0.25) is 0 Å². The van der Waals surface area contributed by atoms with Crippen LogP contribution in [0.1, 0.15) is 5.56 Å². The van der Waals surface area contributed by atoms with E-state index in [0.717, 1.165) is 32.3 Å². The third kappa shape index (κ3) is 3.97. The number of carbonyl (C=O) groups excluding carboxylic acids is 2. The average Bonchev–Trinajstić information content (AvgIpc) is 2.64. The van der Waals surface area contributed by atoms with Gasteiger partial charge in [-0.1, -0.05) is 0 Å². The zero-order valence-electron chi connectivity index (χ0n) is 14.5. The lowest BCUT2D eigenvalue weighted by atomic mass is 10.1. The number of hydrogen-bond acceptors (Lipinski definition) is 7. The van der Waals surface area contributed by atoms with Gasteiger partial charge < -0.3 is 23.8 Å². The van der Waals surface area contributed by atoms with E-state index in [9.17, 15) is 27.2 Å². The van der Waals surface area contributed by atoms with E-state index in [1.165, 1.54) is 0 Å². The highest BCUT2D eigenvalue weighted by atomic mass is 19.4. The van der Waals surface area contributed by atoms with Gasteiger partial charge in [0.25, 0.3) is 0 Å². The number of esters is 2. The topological polar surface area (TPSA) is 74.3 Å². The van der Waals surface area contributed by atoms with E-state index >= 15 is 0 Å². The summed E-state index contributed by atoms with van der Waals surface area (Å²) in [6.45, 7) is -0.806. The van der Waals surface area contributed by atoms with Gasteiger partial charge in [-0.3, -0.25) is 0 Å². The Labute approximate surface area is 151 Å². The number of carbonyl (C=O) groups is 2. The van der Waals surface area contributed by atoms with Gasteiger partial charge in [-0.25, -0.2) is 14.0 Å². The van der Waals surface area contributed by atoms with Crippen LogP contribution in [-0.4, -0.2) is 46.6 Å². The largest absolute Gasteiger partial charge is 0.494 e. The van der Waals surface area contributed by atoms with E-state index in [-0.39, 0.29) is 18.2 Å². The van der Waals surface area contributed by atoms with E-state index in [1.807, 2.05) is 0 Å². The second kappa shape index (κ2) is 7.82. The number of methoxy groups -OCH3 is 3. The van der Waals surface area contributed by atoms with Crippen molar-refractivity contribution in [3.8, 4) is 5.75 Å². The van der Waals surface area contributed by atoms with Gasteiger partial charge in [0.15, 0.2) is 5.75 Å². The number of ether oxygens (including phenoxy) is 4. The van der Waals surface area contributed by atoms with Crippen molar-refractivity contribution in [3.05, 3.63) is 34.8 Å². The first-order valence-electron chi connectivity index (χ1n) is 7.35. The predicted octanol–water partition coefficient (Wildman–Crippen LogP) is 2.25. The first-order chi connectivity index (χ1) is 12.6. The summed E-state index contributed by atoms with van der Waals surface area (Å²) < 4.78 is 72.9. The van der Waals surface area contributed by atoms with Crippen LogP contribution in [0.3, 0.4) is 0 Å². The summed E-state index contributed by atoms with van der Waals surface area (Å²) in [6.07, 6.45) is -4.93. The van der Waals surface area contributed by atoms with Crippen LogP contribution in [0.15, 0.2) is 23.4 Å². The molecule has 0 unspecified atom stereocenters. The molecule has 0 spiro atoms. The van der Waals surface area contributed by atoms with Crippen LogP contribution in [-0.2, 0) is 30.0 Å². The lowest BCUT2D eigenvalue weighted by Crippen LogP contribution is -2.39. The number of nitrogens with zero attached hydrogens (tertiary/aromatic N) is 1. The third-order valence-corrected chi connectivity index (χ3v) is 3.67. The molecule has 2 rings (SSSR count). The van der Waals surface area contributed by atoms with Crippen molar-refractivity contribution in [2.75, 3.05) is 39.6 Å². The molecule has 0 N–H and O–H groups in total. The Hall–Kier alpha value is -2.82. The minimum absolute atomic E-state index is 0.260. The highest BCUT2D eigenvalue weighted by Gasteiger charge is 2.40. The van der Waals surface area contributed by atoms with Gasteiger partial charge in [0.1, 0.15) is 23.8 Å². The molecule has 1 aliphatic rings. The number of alkyl halides is 3. The molecule has 7 nitrogen and oxygen atoms in total. The maximum atomic E-state index is 13.9. The summed E-state index contributed by atoms with van der Waals surface area (Å²) in [4.78, 5) is 25.0. The van der Waals surface area contributed by atoms with Gasteiger partial charge in [-0.05, 0) is 6.07 Å². The van der Waals surface area contributed by atoms with Gasteiger partial charge in [0, 0.05) is 6.07 Å². The quantitative estimate of drug-likeness (QED) is 0.574. The maximum Gasteiger partial charge on any atom is 0.420 e. The number of rotatable bonds is 4. The first-order valence-corrected chi connectivity index (χ1v) is 7.35. The molecule has 148 valence electrons. The lowest BCUT2D eigenvalue weighted by molar-refractivity contribution is -0.140. The predicted molar refractivity (Wildman–Crippen MR) is 82.3 cm³/mol. The van der Waals surface area contributed by atoms with Gasteiger partial charge in [-0.2, -0.15) is 13.2 Å². The van der Waals surface area contributed by atoms with Crippen LogP contribution in [0.4, 0.5) is 23.2 Å². The number of benzene rings is 1. The van der Waals surface area contributed by atoms with E-state index in [2.05, 4.69) is 9.47 Å². The molecule has 1 heterocycles. The van der Waals surface area contributed by atoms with Gasteiger partial charge in [0.05, 0.1) is 39.2 Å². The summed E-state index contributed by atoms with van der Waals surface area (Å²) in [5, 5.41) is 0. The Morgan fingerprint density at radius 2 is 1.74 bits per heavy atom. The maximum absolute atomic E-state index is 13.9. The Balaban J connectivity index is 2.77. The van der Waals surface area contributed by atoms with Crippen LogP contribution >= 0.6 is 0 Å². The molecule has 0 fully saturated rings. The van der Waals surface area contributed by atoms with Crippen molar-refractivity contribution in [2.45, 2.75) is 6.18 Å². The highest BCUT2D eigenvalue weighted by molar-refractivity contribution is 6.03. The molecule has 0 atom stereocenters. The smallest absolute Gasteiger partial charge is 0.420 e. The molecule has 1 aromatic carbocycles. The Kier molecular flexibility index (Phi) is 5.94. The molecule has 1 aromatic rings. The zero-order valence-corrected chi connectivity index (χ0v) is 14.5. The first kappa shape index (κ1) is 20.5. The summed E-state index contributed by atoms with van der Waals surface area (Å²) in [5.74, 6) is -3.97. The molecule has 0 aromatic heterocycles. The fraction of sp³-hybridized carbons (Fsp3) is 0.375. The van der Waals surface area contributed by atoms with Crippen molar-refractivity contribution < 1.29 is 46.1 Å². The molecule has 0 saturated heterocycles. The summed E-state index contributed by atoms with van der Waals surface area (Å²) in [7, 11) is 3.02. The van der Waals surface area contributed by atoms with E-state index < -0.39 is 53.4 Å². The number of halogens is 4. The number of anilines is 1. The zero-order chi connectivity index (χ0) is 20.4. The molecule has 0 amide bonds. The van der Waals surface area contributed by atoms with Gasteiger partial charge in [0.2, 0.25) is 0 Å². The summed E-state index contributed by atoms with van der Waals surface area (Å²) >= 11 is 0. The molecule has 0 saturated carbocycles. The van der Waals surface area contributed by atoms with Crippen molar-refractivity contribution in [3.63, 3.8) is 0 Å².